The van der Waals surface area contributed by atoms with Crippen molar-refractivity contribution < 1.29 is 18.3 Å². The number of aryl methyl sites for hydroxylation is 1. The number of nitrogens with one attached hydrogen (secondary N) is 1. The largest absolute Gasteiger partial charge is 0.480 e. The van der Waals surface area contributed by atoms with Gasteiger partial charge in [-0.05, 0) is 47.0 Å². The topological polar surface area (TPSA) is 83.5 Å². The summed E-state index contributed by atoms with van der Waals surface area (Å²) in [7, 11) is -3.86. The predicted molar refractivity (Wildman–Crippen MR) is 80.1 cm³/mol. The molecule has 1 aromatic rings. The molecule has 2 N–H and O–H groups in total. The van der Waals surface area contributed by atoms with Crippen molar-refractivity contribution in [1.82, 2.24) is 4.72 Å². The summed E-state index contributed by atoms with van der Waals surface area (Å²) in [5.74, 6) is -1.16. The molecule has 1 atom stereocenters. The first-order valence-corrected chi connectivity index (χ1v) is 8.57. The van der Waals surface area contributed by atoms with Gasteiger partial charge in [0.05, 0.1) is 4.90 Å². The van der Waals surface area contributed by atoms with Crippen LogP contribution in [0.2, 0.25) is 0 Å². The van der Waals surface area contributed by atoms with Gasteiger partial charge < -0.3 is 5.11 Å². The van der Waals surface area contributed by atoms with Crippen molar-refractivity contribution in [3.8, 4) is 0 Å². The Morgan fingerprint density at radius 3 is 2.60 bits per heavy atom. The lowest BCUT2D eigenvalue weighted by Gasteiger charge is -2.15. The molecule has 0 saturated heterocycles. The first kappa shape index (κ1) is 17.1. The summed E-state index contributed by atoms with van der Waals surface area (Å²) in [4.78, 5) is 11.2. The molecule has 1 rings (SSSR count). The summed E-state index contributed by atoms with van der Waals surface area (Å²) in [6, 6.07) is 3.70. The Hall–Kier alpha value is -0.920. The van der Waals surface area contributed by atoms with E-state index in [-0.39, 0.29) is 11.3 Å². The van der Waals surface area contributed by atoms with E-state index in [0.717, 1.165) is 12.0 Å². The van der Waals surface area contributed by atoms with Gasteiger partial charge in [-0.2, -0.15) is 4.72 Å². The van der Waals surface area contributed by atoms with E-state index in [9.17, 15) is 13.2 Å². The first-order chi connectivity index (χ1) is 9.27. The summed E-state index contributed by atoms with van der Waals surface area (Å²) in [5.41, 5.74) is 0.914. The maximum atomic E-state index is 12.2. The number of hydrogen-bond acceptors (Lipinski definition) is 3. The molecule has 0 fully saturated rings. The number of unbranched alkanes of at least 4 members (excludes halogenated alkanes) is 1. The van der Waals surface area contributed by atoms with Crippen LogP contribution in [0.15, 0.2) is 27.6 Å². The SMILES string of the molecule is CCCCC(NS(=O)(=O)c1ccc(C)cc1Br)C(=O)O. The molecule has 5 nitrogen and oxygen atoms in total. The normalized spacial score (nSPS) is 13.2. The molecule has 1 unspecified atom stereocenters. The van der Waals surface area contributed by atoms with E-state index in [1.165, 1.54) is 6.07 Å². The number of carbonyl (C=O) groups is 1. The van der Waals surface area contributed by atoms with Crippen LogP contribution in [0.5, 0.6) is 0 Å². The van der Waals surface area contributed by atoms with E-state index in [1.807, 2.05) is 13.8 Å². The highest BCUT2D eigenvalue weighted by Gasteiger charge is 2.26. The molecule has 0 aromatic heterocycles. The number of halogens is 1. The van der Waals surface area contributed by atoms with E-state index in [2.05, 4.69) is 20.7 Å². The number of aliphatic carboxylic acids is 1. The standard InChI is InChI=1S/C13H18BrNO4S/c1-3-4-5-11(13(16)17)15-20(18,19)12-7-6-9(2)8-10(12)14/h6-8,11,15H,3-5H2,1-2H3,(H,16,17). The zero-order chi connectivity index (χ0) is 15.3. The third-order valence-electron chi connectivity index (χ3n) is 2.82. The smallest absolute Gasteiger partial charge is 0.321 e. The number of carboxylic acid groups (broad SMARTS) is 1. The second-order valence-corrected chi connectivity index (χ2v) is 7.12. The van der Waals surface area contributed by atoms with Gasteiger partial charge in [-0.3, -0.25) is 4.79 Å². The Labute approximate surface area is 127 Å². The third-order valence-corrected chi connectivity index (χ3v) is 5.27. The lowest BCUT2D eigenvalue weighted by Crippen LogP contribution is -2.40. The summed E-state index contributed by atoms with van der Waals surface area (Å²) < 4.78 is 27.1. The molecule has 0 aliphatic heterocycles. The molecule has 0 aliphatic carbocycles. The Kier molecular flexibility index (Phi) is 6.16. The molecule has 0 saturated carbocycles. The molecule has 0 amide bonds. The van der Waals surface area contributed by atoms with Crippen LogP contribution in [0.1, 0.15) is 31.7 Å². The molecular formula is C13H18BrNO4S. The lowest BCUT2D eigenvalue weighted by atomic mass is 10.1. The van der Waals surface area contributed by atoms with Crippen LogP contribution in [0, 0.1) is 6.92 Å². The van der Waals surface area contributed by atoms with Gasteiger partial charge in [0.25, 0.3) is 0 Å². The minimum atomic E-state index is -3.86. The van der Waals surface area contributed by atoms with Crippen molar-refractivity contribution >= 4 is 31.9 Å². The maximum absolute atomic E-state index is 12.2. The van der Waals surface area contributed by atoms with Crippen LogP contribution in [0.3, 0.4) is 0 Å². The second-order valence-electron chi connectivity index (χ2n) is 4.59. The second kappa shape index (κ2) is 7.19. The highest BCUT2D eigenvalue weighted by atomic mass is 79.9. The van der Waals surface area contributed by atoms with Gasteiger partial charge in [0.1, 0.15) is 6.04 Å². The average molecular weight is 364 g/mol. The average Bonchev–Trinajstić information content (AvgIpc) is 2.33. The Morgan fingerprint density at radius 1 is 1.45 bits per heavy atom. The minimum absolute atomic E-state index is 0.0471. The van der Waals surface area contributed by atoms with Crippen LogP contribution < -0.4 is 4.72 Å². The molecule has 0 radical (unpaired) electrons. The molecule has 0 spiro atoms. The van der Waals surface area contributed by atoms with Gasteiger partial charge in [0, 0.05) is 4.47 Å². The summed E-state index contributed by atoms with van der Waals surface area (Å²) >= 11 is 3.20. The molecule has 112 valence electrons. The number of carboxylic acids is 1. The van der Waals surface area contributed by atoms with Crippen molar-refractivity contribution in [1.29, 1.82) is 0 Å². The summed E-state index contributed by atoms with van der Waals surface area (Å²) in [6.45, 7) is 3.76. The van der Waals surface area contributed by atoms with Crippen LogP contribution >= 0.6 is 15.9 Å². The molecule has 1 aromatic carbocycles. The summed E-state index contributed by atoms with van der Waals surface area (Å²) in [6.07, 6.45) is 1.73. The van der Waals surface area contributed by atoms with Crippen molar-refractivity contribution in [3.63, 3.8) is 0 Å². The van der Waals surface area contributed by atoms with E-state index in [0.29, 0.717) is 10.9 Å². The van der Waals surface area contributed by atoms with Crippen molar-refractivity contribution in [2.75, 3.05) is 0 Å². The maximum Gasteiger partial charge on any atom is 0.321 e. The van der Waals surface area contributed by atoms with Crippen molar-refractivity contribution in [2.45, 2.75) is 44.0 Å². The molecule has 7 heteroatoms. The van der Waals surface area contributed by atoms with Gasteiger partial charge in [0.15, 0.2) is 0 Å². The number of sulfonamides is 1. The zero-order valence-electron chi connectivity index (χ0n) is 11.4. The van der Waals surface area contributed by atoms with Gasteiger partial charge in [-0.15, -0.1) is 0 Å². The fourth-order valence-corrected chi connectivity index (χ4v) is 4.13. The van der Waals surface area contributed by atoms with Gasteiger partial charge in [-0.1, -0.05) is 25.8 Å². The van der Waals surface area contributed by atoms with Gasteiger partial charge in [0.2, 0.25) is 10.0 Å². The summed E-state index contributed by atoms with van der Waals surface area (Å²) in [5, 5.41) is 9.08. The first-order valence-electron chi connectivity index (χ1n) is 6.29. The van der Waals surface area contributed by atoms with E-state index < -0.39 is 22.0 Å². The Bertz CT molecular complexity index is 586. The number of benzene rings is 1. The molecular weight excluding hydrogens is 346 g/mol. The predicted octanol–water partition coefficient (Wildman–Crippen LogP) is 2.68. The fraction of sp³-hybridized carbons (Fsp3) is 0.462. The lowest BCUT2D eigenvalue weighted by molar-refractivity contribution is -0.139. The third kappa shape index (κ3) is 4.57. The fourth-order valence-electron chi connectivity index (χ4n) is 1.72. The molecule has 0 heterocycles. The van der Waals surface area contributed by atoms with Gasteiger partial charge >= 0.3 is 5.97 Å². The molecule has 20 heavy (non-hydrogen) atoms. The van der Waals surface area contributed by atoms with Crippen LogP contribution in [0.25, 0.3) is 0 Å². The highest BCUT2D eigenvalue weighted by Crippen LogP contribution is 2.23. The van der Waals surface area contributed by atoms with Crippen LogP contribution in [-0.2, 0) is 14.8 Å². The van der Waals surface area contributed by atoms with Gasteiger partial charge in [-0.25, -0.2) is 8.42 Å². The van der Waals surface area contributed by atoms with Crippen LogP contribution in [0.4, 0.5) is 0 Å². The van der Waals surface area contributed by atoms with Crippen molar-refractivity contribution in [2.24, 2.45) is 0 Å². The number of rotatable bonds is 7. The molecule has 0 aliphatic rings. The Morgan fingerprint density at radius 2 is 2.10 bits per heavy atom. The monoisotopic (exact) mass is 363 g/mol. The van der Waals surface area contributed by atoms with E-state index in [1.54, 1.807) is 12.1 Å². The highest BCUT2D eigenvalue weighted by molar-refractivity contribution is 9.10. The minimum Gasteiger partial charge on any atom is -0.480 e. The van der Waals surface area contributed by atoms with Crippen molar-refractivity contribution in [3.05, 3.63) is 28.2 Å². The van der Waals surface area contributed by atoms with E-state index in [4.69, 9.17) is 5.11 Å². The van der Waals surface area contributed by atoms with E-state index >= 15 is 0 Å². The van der Waals surface area contributed by atoms with Crippen LogP contribution in [-0.4, -0.2) is 25.5 Å². The Balaban J connectivity index is 3.00. The molecule has 0 bridgehead atoms. The quantitative estimate of drug-likeness (QED) is 0.779. The zero-order valence-corrected chi connectivity index (χ0v) is 13.8. The number of hydrogen-bond donors (Lipinski definition) is 2.